The van der Waals surface area contributed by atoms with Crippen molar-refractivity contribution in [2.45, 2.75) is 38.8 Å². The van der Waals surface area contributed by atoms with E-state index in [9.17, 15) is 13.2 Å². The van der Waals surface area contributed by atoms with Crippen LogP contribution in [0.15, 0.2) is 42.5 Å². The number of para-hydroxylation sites is 1. The van der Waals surface area contributed by atoms with E-state index in [4.69, 9.17) is 4.74 Å². The Bertz CT molecular complexity index is 983. The summed E-state index contributed by atoms with van der Waals surface area (Å²) in [4.78, 5) is 12.9. The molecule has 0 radical (unpaired) electrons. The van der Waals surface area contributed by atoms with E-state index in [1.807, 2.05) is 39.0 Å². The number of amides is 1. The van der Waals surface area contributed by atoms with E-state index in [1.54, 1.807) is 24.3 Å². The van der Waals surface area contributed by atoms with Crippen molar-refractivity contribution in [2.75, 3.05) is 11.0 Å². The highest BCUT2D eigenvalue weighted by Crippen LogP contribution is 2.40. The molecule has 1 unspecified atom stereocenters. The zero-order valence-corrected chi connectivity index (χ0v) is 16.7. The molecule has 1 heterocycles. The van der Waals surface area contributed by atoms with Gasteiger partial charge in [0.15, 0.2) is 0 Å². The SMILES string of the molecule is Cc1ccc2c(c1)OC(C)(C)CC2NC(=O)c1ccccc1NS(C)(=O)=O. The smallest absolute Gasteiger partial charge is 0.253 e. The van der Waals surface area contributed by atoms with Crippen molar-refractivity contribution in [3.63, 3.8) is 0 Å². The predicted molar refractivity (Wildman–Crippen MR) is 106 cm³/mol. The lowest BCUT2D eigenvalue weighted by molar-refractivity contribution is 0.0619. The standard InChI is InChI=1S/C20H24N2O4S/c1-13-9-10-14-17(12-20(2,3)26-18(14)11-13)21-19(23)15-7-5-6-8-16(15)22-27(4,24)25/h5-11,17,22H,12H2,1-4H3,(H,21,23). The van der Waals surface area contributed by atoms with Crippen LogP contribution in [0.3, 0.4) is 0 Å². The van der Waals surface area contributed by atoms with Crippen LogP contribution in [0.5, 0.6) is 5.75 Å². The maximum Gasteiger partial charge on any atom is 0.253 e. The van der Waals surface area contributed by atoms with Crippen LogP contribution in [0.1, 0.15) is 47.8 Å². The summed E-state index contributed by atoms with van der Waals surface area (Å²) in [7, 11) is -3.49. The summed E-state index contributed by atoms with van der Waals surface area (Å²) >= 11 is 0. The Morgan fingerprint density at radius 3 is 2.59 bits per heavy atom. The van der Waals surface area contributed by atoms with Crippen LogP contribution in [0.4, 0.5) is 5.69 Å². The van der Waals surface area contributed by atoms with Crippen molar-refractivity contribution >= 4 is 21.6 Å². The molecule has 1 atom stereocenters. The number of hydrogen-bond acceptors (Lipinski definition) is 4. The summed E-state index contributed by atoms with van der Waals surface area (Å²) in [6, 6.07) is 12.2. The number of anilines is 1. The highest BCUT2D eigenvalue weighted by Gasteiger charge is 2.35. The van der Waals surface area contributed by atoms with Crippen LogP contribution in [-0.2, 0) is 10.0 Å². The predicted octanol–water partition coefficient (Wildman–Crippen LogP) is 3.40. The Morgan fingerprint density at radius 2 is 1.89 bits per heavy atom. The van der Waals surface area contributed by atoms with Gasteiger partial charge in [0.25, 0.3) is 5.91 Å². The molecule has 1 amide bonds. The van der Waals surface area contributed by atoms with Crippen LogP contribution >= 0.6 is 0 Å². The number of sulfonamides is 1. The molecular weight excluding hydrogens is 364 g/mol. The molecule has 0 saturated heterocycles. The first kappa shape index (κ1) is 19.2. The summed E-state index contributed by atoms with van der Waals surface area (Å²) in [5.74, 6) is 0.426. The third-order valence-corrected chi connectivity index (χ3v) is 4.99. The van der Waals surface area contributed by atoms with Gasteiger partial charge in [0.05, 0.1) is 23.5 Å². The Morgan fingerprint density at radius 1 is 1.19 bits per heavy atom. The van der Waals surface area contributed by atoms with E-state index in [1.165, 1.54) is 0 Å². The monoisotopic (exact) mass is 388 g/mol. The van der Waals surface area contributed by atoms with Gasteiger partial charge in [0.2, 0.25) is 10.0 Å². The summed E-state index contributed by atoms with van der Waals surface area (Å²) in [5.41, 5.74) is 2.11. The molecule has 0 fully saturated rings. The molecule has 6 nitrogen and oxygen atoms in total. The Hall–Kier alpha value is -2.54. The topological polar surface area (TPSA) is 84.5 Å². The Kier molecular flexibility index (Phi) is 4.90. The van der Waals surface area contributed by atoms with E-state index in [0.717, 1.165) is 23.1 Å². The number of hydrogen-bond donors (Lipinski definition) is 2. The quantitative estimate of drug-likeness (QED) is 0.841. The Labute approximate surface area is 160 Å². The highest BCUT2D eigenvalue weighted by atomic mass is 32.2. The summed E-state index contributed by atoms with van der Waals surface area (Å²) < 4.78 is 31.6. The molecule has 1 aliphatic heterocycles. The van der Waals surface area contributed by atoms with E-state index in [0.29, 0.717) is 6.42 Å². The Balaban J connectivity index is 1.91. The molecule has 7 heteroatoms. The number of aryl methyl sites for hydroxylation is 1. The normalized spacial score (nSPS) is 18.1. The van der Waals surface area contributed by atoms with Crippen LogP contribution < -0.4 is 14.8 Å². The van der Waals surface area contributed by atoms with Crippen molar-refractivity contribution in [3.05, 3.63) is 59.2 Å². The number of fused-ring (bicyclic) bond motifs is 1. The third-order valence-electron chi connectivity index (χ3n) is 4.40. The van der Waals surface area contributed by atoms with Gasteiger partial charge in [-0.2, -0.15) is 0 Å². The second-order valence-corrected chi connectivity index (χ2v) is 9.30. The molecule has 2 N–H and O–H groups in total. The summed E-state index contributed by atoms with van der Waals surface area (Å²) in [6.07, 6.45) is 1.66. The first-order chi connectivity index (χ1) is 12.5. The first-order valence-electron chi connectivity index (χ1n) is 8.71. The molecule has 0 saturated carbocycles. The summed E-state index contributed by atoms with van der Waals surface area (Å²) in [5, 5.41) is 3.04. The zero-order valence-electron chi connectivity index (χ0n) is 15.9. The van der Waals surface area contributed by atoms with Gasteiger partial charge < -0.3 is 10.1 Å². The van der Waals surface area contributed by atoms with Gasteiger partial charge in [0.1, 0.15) is 11.4 Å². The minimum atomic E-state index is -3.49. The fourth-order valence-corrected chi connectivity index (χ4v) is 3.87. The minimum absolute atomic E-state index is 0.233. The van der Waals surface area contributed by atoms with Gasteiger partial charge in [-0.3, -0.25) is 9.52 Å². The average Bonchev–Trinajstić information content (AvgIpc) is 2.52. The molecular formula is C20H24N2O4S. The van der Waals surface area contributed by atoms with Gasteiger partial charge in [-0.1, -0.05) is 24.3 Å². The molecule has 0 aromatic heterocycles. The fraction of sp³-hybridized carbons (Fsp3) is 0.350. The number of carbonyl (C=O) groups excluding carboxylic acids is 1. The maximum atomic E-state index is 12.9. The highest BCUT2D eigenvalue weighted by molar-refractivity contribution is 7.92. The first-order valence-corrected chi connectivity index (χ1v) is 10.6. The van der Waals surface area contributed by atoms with Crippen molar-refractivity contribution < 1.29 is 17.9 Å². The van der Waals surface area contributed by atoms with E-state index in [-0.39, 0.29) is 23.2 Å². The molecule has 144 valence electrons. The van der Waals surface area contributed by atoms with Crippen LogP contribution in [0, 0.1) is 6.92 Å². The molecule has 2 aromatic carbocycles. The maximum absolute atomic E-state index is 12.9. The molecule has 0 bridgehead atoms. The number of rotatable bonds is 4. The van der Waals surface area contributed by atoms with Crippen LogP contribution in [-0.4, -0.2) is 26.2 Å². The van der Waals surface area contributed by atoms with Gasteiger partial charge in [-0.05, 0) is 44.5 Å². The van der Waals surface area contributed by atoms with Crippen molar-refractivity contribution in [2.24, 2.45) is 0 Å². The molecule has 0 aliphatic carbocycles. The van der Waals surface area contributed by atoms with Crippen molar-refractivity contribution in [1.82, 2.24) is 5.32 Å². The van der Waals surface area contributed by atoms with E-state index in [2.05, 4.69) is 10.0 Å². The van der Waals surface area contributed by atoms with Crippen molar-refractivity contribution in [1.29, 1.82) is 0 Å². The van der Waals surface area contributed by atoms with E-state index >= 15 is 0 Å². The number of carbonyl (C=O) groups is 1. The van der Waals surface area contributed by atoms with Gasteiger partial charge in [-0.25, -0.2) is 8.42 Å². The minimum Gasteiger partial charge on any atom is -0.487 e. The van der Waals surface area contributed by atoms with Crippen molar-refractivity contribution in [3.8, 4) is 5.75 Å². The molecule has 2 aromatic rings. The van der Waals surface area contributed by atoms with Crippen LogP contribution in [0.2, 0.25) is 0 Å². The fourth-order valence-electron chi connectivity index (χ4n) is 3.29. The number of nitrogens with one attached hydrogen (secondary N) is 2. The molecule has 1 aliphatic rings. The second-order valence-electron chi connectivity index (χ2n) is 7.55. The third kappa shape index (κ3) is 4.60. The number of benzene rings is 2. The van der Waals surface area contributed by atoms with E-state index < -0.39 is 15.6 Å². The van der Waals surface area contributed by atoms with Crippen LogP contribution in [0.25, 0.3) is 0 Å². The van der Waals surface area contributed by atoms with Gasteiger partial charge >= 0.3 is 0 Å². The second kappa shape index (κ2) is 6.88. The van der Waals surface area contributed by atoms with Gasteiger partial charge in [0, 0.05) is 12.0 Å². The lowest BCUT2D eigenvalue weighted by Crippen LogP contribution is -2.41. The summed E-state index contributed by atoms with van der Waals surface area (Å²) in [6.45, 7) is 5.96. The zero-order chi connectivity index (χ0) is 19.8. The lowest BCUT2D eigenvalue weighted by atomic mass is 9.89. The van der Waals surface area contributed by atoms with Gasteiger partial charge in [-0.15, -0.1) is 0 Å². The molecule has 3 rings (SSSR count). The number of ether oxygens (including phenoxy) is 1. The molecule has 27 heavy (non-hydrogen) atoms. The largest absolute Gasteiger partial charge is 0.487 e. The average molecular weight is 388 g/mol. The lowest BCUT2D eigenvalue weighted by Gasteiger charge is -2.38. The molecule has 0 spiro atoms.